The van der Waals surface area contributed by atoms with E-state index >= 15 is 0 Å². The fourth-order valence-corrected chi connectivity index (χ4v) is 3.75. The number of nitrogens with zero attached hydrogens (tertiary/aromatic N) is 1. The Balaban J connectivity index is 1.95. The Bertz CT molecular complexity index is 446. The van der Waals surface area contributed by atoms with Crippen molar-refractivity contribution in [3.63, 3.8) is 0 Å². The second-order valence-corrected chi connectivity index (χ2v) is 5.87. The molecular weight excluding hydrogens is 278 g/mol. The Morgan fingerprint density at radius 1 is 1.24 bits per heavy atom. The molecule has 0 amide bonds. The van der Waals surface area contributed by atoms with Crippen LogP contribution in [0.25, 0.3) is 0 Å². The lowest BCUT2D eigenvalue weighted by Crippen LogP contribution is -2.40. The van der Waals surface area contributed by atoms with E-state index in [4.69, 9.17) is 0 Å². The van der Waals surface area contributed by atoms with Crippen molar-refractivity contribution in [2.75, 3.05) is 6.54 Å². The van der Waals surface area contributed by atoms with Gasteiger partial charge in [0.15, 0.2) is 0 Å². The topological polar surface area (TPSA) is 20.3 Å². The molecule has 0 saturated carbocycles. The molecule has 3 rings (SSSR count). The van der Waals surface area contributed by atoms with E-state index < -0.39 is 0 Å². The second-order valence-electron chi connectivity index (χ2n) is 5.02. The summed E-state index contributed by atoms with van der Waals surface area (Å²) in [7, 11) is 0. The molecule has 0 aromatic heterocycles. The summed E-state index contributed by atoms with van der Waals surface area (Å²) in [5, 5.41) is 0. The van der Waals surface area contributed by atoms with E-state index in [2.05, 4.69) is 39.0 Å². The quantitative estimate of drug-likeness (QED) is 0.792. The van der Waals surface area contributed by atoms with Crippen LogP contribution < -0.4 is 0 Å². The van der Waals surface area contributed by atoms with E-state index in [-0.39, 0.29) is 0 Å². The third-order valence-electron chi connectivity index (χ3n) is 3.97. The number of hydrogen-bond acceptors (Lipinski definition) is 2. The average Bonchev–Trinajstić information content (AvgIpc) is 2.76. The lowest BCUT2D eigenvalue weighted by Gasteiger charge is -2.37. The van der Waals surface area contributed by atoms with Gasteiger partial charge in [-0.05, 0) is 31.0 Å². The molecule has 0 spiro atoms. The van der Waals surface area contributed by atoms with Crippen molar-refractivity contribution < 1.29 is 4.79 Å². The molecule has 2 nitrogen and oxygen atoms in total. The summed E-state index contributed by atoms with van der Waals surface area (Å²) in [6, 6.07) is 9.08. The normalized spacial score (nSPS) is 29.4. The predicted molar refractivity (Wildman–Crippen MR) is 70.9 cm³/mol. The molecule has 2 saturated heterocycles. The van der Waals surface area contributed by atoms with Gasteiger partial charge in [-0.3, -0.25) is 9.69 Å². The molecule has 2 fully saturated rings. The maximum Gasteiger partial charge on any atom is 0.136 e. The third kappa shape index (κ3) is 2.06. The van der Waals surface area contributed by atoms with Crippen molar-refractivity contribution in [2.45, 2.75) is 37.8 Å². The highest BCUT2D eigenvalue weighted by Gasteiger charge is 2.38. The number of rotatable bonds is 1. The van der Waals surface area contributed by atoms with Gasteiger partial charge in [-0.15, -0.1) is 0 Å². The molecule has 17 heavy (non-hydrogen) atoms. The van der Waals surface area contributed by atoms with Crippen molar-refractivity contribution in [1.82, 2.24) is 4.90 Å². The van der Waals surface area contributed by atoms with Crippen LogP contribution in [0.1, 0.15) is 37.3 Å². The molecule has 2 atom stereocenters. The molecule has 0 unspecified atom stereocenters. The van der Waals surface area contributed by atoms with Gasteiger partial charge in [-0.2, -0.15) is 0 Å². The van der Waals surface area contributed by atoms with Gasteiger partial charge in [0.2, 0.25) is 0 Å². The average molecular weight is 294 g/mol. The first-order valence-electron chi connectivity index (χ1n) is 6.27. The van der Waals surface area contributed by atoms with E-state index in [1.807, 2.05) is 6.07 Å². The largest absolute Gasteiger partial charge is 0.300 e. The Morgan fingerprint density at radius 3 is 2.88 bits per heavy atom. The Kier molecular flexibility index (Phi) is 3.05. The van der Waals surface area contributed by atoms with Crippen LogP contribution in [0.5, 0.6) is 0 Å². The summed E-state index contributed by atoms with van der Waals surface area (Å²) in [4.78, 5) is 14.4. The summed E-state index contributed by atoms with van der Waals surface area (Å²) < 4.78 is 1.13. The van der Waals surface area contributed by atoms with Gasteiger partial charge >= 0.3 is 0 Å². The predicted octanol–water partition coefficient (Wildman–Crippen LogP) is 3.32. The number of hydrogen-bond donors (Lipinski definition) is 0. The number of fused-ring (bicyclic) bond motifs is 1. The number of ketones is 1. The van der Waals surface area contributed by atoms with Crippen LogP contribution in [0.3, 0.4) is 0 Å². The highest BCUT2D eigenvalue weighted by Crippen LogP contribution is 2.40. The van der Waals surface area contributed by atoms with Crippen molar-refractivity contribution in [1.29, 1.82) is 0 Å². The van der Waals surface area contributed by atoms with Gasteiger partial charge < -0.3 is 0 Å². The zero-order chi connectivity index (χ0) is 11.8. The zero-order valence-corrected chi connectivity index (χ0v) is 11.3. The summed E-state index contributed by atoms with van der Waals surface area (Å²) >= 11 is 3.61. The summed E-state index contributed by atoms with van der Waals surface area (Å²) in [5.74, 6) is 0.425. The minimum atomic E-state index is 0.291. The summed E-state index contributed by atoms with van der Waals surface area (Å²) in [6.45, 7) is 1.14. The Labute approximate surface area is 110 Å². The lowest BCUT2D eigenvalue weighted by molar-refractivity contribution is -0.124. The maximum atomic E-state index is 11.9. The summed E-state index contributed by atoms with van der Waals surface area (Å²) in [6.07, 6.45) is 3.87. The number of carbonyl (C=O) groups excluding carboxylic acids is 1. The first kappa shape index (κ1) is 11.4. The zero-order valence-electron chi connectivity index (χ0n) is 9.73. The molecule has 0 radical (unpaired) electrons. The molecule has 1 aromatic rings. The highest BCUT2D eigenvalue weighted by molar-refractivity contribution is 9.10. The number of piperidine rings is 1. The van der Waals surface area contributed by atoms with Crippen LogP contribution in [0.15, 0.2) is 28.7 Å². The van der Waals surface area contributed by atoms with E-state index in [9.17, 15) is 4.79 Å². The molecule has 90 valence electrons. The second kappa shape index (κ2) is 4.54. The maximum absolute atomic E-state index is 11.9. The standard InChI is InChI=1S/C14H16BrNO/c15-13-6-2-1-5-12(13)14-9-11(17)8-10-4-3-7-16(10)14/h1-2,5-6,10,14H,3-4,7-9H2/t10-,14-/m0/s1. The number of carbonyl (C=O) groups is 1. The minimum absolute atomic E-state index is 0.291. The minimum Gasteiger partial charge on any atom is -0.300 e. The highest BCUT2D eigenvalue weighted by atomic mass is 79.9. The summed E-state index contributed by atoms with van der Waals surface area (Å²) in [5.41, 5.74) is 1.27. The first-order valence-corrected chi connectivity index (χ1v) is 7.07. The Hall–Kier alpha value is -0.670. The smallest absolute Gasteiger partial charge is 0.136 e. The molecule has 0 N–H and O–H groups in total. The molecular formula is C14H16BrNO. The number of benzene rings is 1. The molecule has 2 heterocycles. The third-order valence-corrected chi connectivity index (χ3v) is 4.69. The van der Waals surface area contributed by atoms with E-state index in [1.54, 1.807) is 0 Å². The SMILES string of the molecule is O=C1C[C@@H]2CCCN2[C@H](c2ccccc2Br)C1. The van der Waals surface area contributed by atoms with Crippen LogP contribution in [0, 0.1) is 0 Å². The lowest BCUT2D eigenvalue weighted by atomic mass is 9.91. The van der Waals surface area contributed by atoms with Crippen LogP contribution >= 0.6 is 15.9 Å². The van der Waals surface area contributed by atoms with Gasteiger partial charge in [0, 0.05) is 29.4 Å². The van der Waals surface area contributed by atoms with Crippen molar-refractivity contribution in [3.05, 3.63) is 34.3 Å². The van der Waals surface area contributed by atoms with E-state index in [0.717, 1.165) is 17.4 Å². The van der Waals surface area contributed by atoms with Gasteiger partial charge in [0.25, 0.3) is 0 Å². The van der Waals surface area contributed by atoms with Crippen LogP contribution in [0.4, 0.5) is 0 Å². The van der Waals surface area contributed by atoms with Crippen molar-refractivity contribution in [2.24, 2.45) is 0 Å². The molecule has 3 heteroatoms. The number of halogens is 1. The monoisotopic (exact) mass is 293 g/mol. The molecule has 1 aromatic carbocycles. The molecule has 2 aliphatic heterocycles. The van der Waals surface area contributed by atoms with Gasteiger partial charge in [-0.25, -0.2) is 0 Å². The van der Waals surface area contributed by atoms with Crippen molar-refractivity contribution in [3.8, 4) is 0 Å². The Morgan fingerprint density at radius 2 is 2.06 bits per heavy atom. The van der Waals surface area contributed by atoms with Gasteiger partial charge in [0.1, 0.15) is 5.78 Å². The van der Waals surface area contributed by atoms with Gasteiger partial charge in [-0.1, -0.05) is 34.1 Å². The van der Waals surface area contributed by atoms with E-state index in [1.165, 1.54) is 18.4 Å². The van der Waals surface area contributed by atoms with E-state index in [0.29, 0.717) is 24.3 Å². The first-order chi connectivity index (χ1) is 8.25. The molecule has 2 aliphatic rings. The van der Waals surface area contributed by atoms with Crippen LogP contribution in [-0.2, 0) is 4.79 Å². The van der Waals surface area contributed by atoms with Gasteiger partial charge in [0.05, 0.1) is 0 Å². The molecule has 0 aliphatic carbocycles. The van der Waals surface area contributed by atoms with Crippen LogP contribution in [-0.4, -0.2) is 23.3 Å². The molecule has 0 bridgehead atoms. The van der Waals surface area contributed by atoms with Crippen LogP contribution in [0.2, 0.25) is 0 Å². The fourth-order valence-electron chi connectivity index (χ4n) is 3.20. The number of Topliss-reactive ketones (excluding diaryl/α,β-unsaturated/α-hetero) is 1. The van der Waals surface area contributed by atoms with Crippen molar-refractivity contribution >= 4 is 21.7 Å². The fraction of sp³-hybridized carbons (Fsp3) is 0.500.